The van der Waals surface area contributed by atoms with Crippen LogP contribution in [0.2, 0.25) is 10.0 Å². The van der Waals surface area contributed by atoms with Crippen LogP contribution in [0, 0.1) is 0 Å². The minimum absolute atomic E-state index is 0.0235. The van der Waals surface area contributed by atoms with E-state index in [1.807, 2.05) is 54.8 Å². The number of nitrogens with one attached hydrogen (secondary N) is 1. The van der Waals surface area contributed by atoms with Crippen LogP contribution in [0.4, 0.5) is 5.69 Å². The number of ether oxygens (including phenoxy) is 1. The van der Waals surface area contributed by atoms with E-state index in [-0.39, 0.29) is 28.9 Å². The van der Waals surface area contributed by atoms with Gasteiger partial charge in [0.1, 0.15) is 10.8 Å². The summed E-state index contributed by atoms with van der Waals surface area (Å²) < 4.78 is 8.91. The lowest BCUT2D eigenvalue weighted by atomic mass is 10.0. The number of rotatable bonds is 9. The average molecular weight is 620 g/mol. The zero-order chi connectivity index (χ0) is 27.6. The van der Waals surface area contributed by atoms with Crippen molar-refractivity contribution in [3.63, 3.8) is 0 Å². The lowest BCUT2D eigenvalue weighted by molar-refractivity contribution is 0.0689. The van der Waals surface area contributed by atoms with Crippen molar-refractivity contribution in [2.45, 2.75) is 32.5 Å². The summed E-state index contributed by atoms with van der Waals surface area (Å²) >= 11 is 15.9. The number of anilines is 1. The van der Waals surface area contributed by atoms with Crippen molar-refractivity contribution in [3.8, 4) is 5.75 Å². The van der Waals surface area contributed by atoms with Gasteiger partial charge in [-0.25, -0.2) is 9.78 Å². The molecule has 4 rings (SSSR count). The maximum Gasteiger partial charge on any atom is 0.356 e. The smallest absolute Gasteiger partial charge is 0.356 e. The molecule has 2 aromatic heterocycles. The predicted octanol–water partition coefficient (Wildman–Crippen LogP) is 6.65. The first-order chi connectivity index (χ1) is 18.1. The molecule has 2 heterocycles. The molecule has 0 bridgehead atoms. The molecule has 0 saturated heterocycles. The number of carbonyl (C=O) groups is 1. The summed E-state index contributed by atoms with van der Waals surface area (Å²) in [6.45, 7) is 4.15. The molecule has 198 valence electrons. The Morgan fingerprint density at radius 2 is 1.79 bits per heavy atom. The third kappa shape index (κ3) is 5.90. The summed E-state index contributed by atoms with van der Waals surface area (Å²) in [6, 6.07) is 15.2. The van der Waals surface area contributed by atoms with Crippen molar-refractivity contribution < 1.29 is 14.6 Å². The van der Waals surface area contributed by atoms with E-state index in [2.05, 4.69) is 26.2 Å². The number of hydrogen-bond acceptors (Lipinski definition) is 5. The highest BCUT2D eigenvalue weighted by Gasteiger charge is 2.30. The Morgan fingerprint density at radius 1 is 1.13 bits per heavy atom. The maximum atomic E-state index is 12.9. The Bertz CT molecular complexity index is 1520. The molecule has 8 nitrogen and oxygen atoms in total. The van der Waals surface area contributed by atoms with Gasteiger partial charge in [-0.3, -0.25) is 4.79 Å². The summed E-state index contributed by atoms with van der Waals surface area (Å²) in [4.78, 5) is 29.4. The van der Waals surface area contributed by atoms with Gasteiger partial charge < -0.3 is 24.3 Å². The standard InChI is InChI=1S/C27H25BrCl2N4O4/c1-15(2)34-24(23(26(36)37)32-27(34)28)22(17-6-8-18(29)9-7-17)31-19-12-21(30)25(35)33(14-19)13-16-4-10-20(38-3)11-5-16/h4-12,14-15,22,31H,13H2,1-3H3,(H,36,37). The normalized spacial score (nSPS) is 12.0. The van der Waals surface area contributed by atoms with Crippen LogP contribution in [0.15, 0.2) is 70.3 Å². The summed E-state index contributed by atoms with van der Waals surface area (Å²) in [7, 11) is 1.59. The van der Waals surface area contributed by atoms with E-state index in [0.717, 1.165) is 11.1 Å². The number of aromatic nitrogens is 3. The molecule has 0 amide bonds. The number of hydrogen-bond donors (Lipinski definition) is 2. The number of carboxylic acid groups (broad SMARTS) is 1. The van der Waals surface area contributed by atoms with Crippen LogP contribution < -0.4 is 15.6 Å². The third-order valence-corrected chi connectivity index (χ3v) is 7.05. The van der Waals surface area contributed by atoms with Gasteiger partial charge in [-0.15, -0.1) is 0 Å². The van der Waals surface area contributed by atoms with Crippen LogP contribution in [-0.4, -0.2) is 32.3 Å². The molecule has 4 aromatic rings. The Hall–Kier alpha value is -3.27. The molecule has 0 aliphatic heterocycles. The molecule has 2 N–H and O–H groups in total. The molecule has 0 radical (unpaired) electrons. The second kappa shape index (κ2) is 11.6. The Morgan fingerprint density at radius 3 is 2.37 bits per heavy atom. The van der Waals surface area contributed by atoms with Crippen LogP contribution in [0.1, 0.15) is 53.2 Å². The minimum atomic E-state index is -1.16. The number of nitrogens with zero attached hydrogens (tertiary/aromatic N) is 3. The first-order valence-corrected chi connectivity index (χ1v) is 13.2. The largest absolute Gasteiger partial charge is 0.497 e. The Kier molecular flexibility index (Phi) is 8.50. The van der Waals surface area contributed by atoms with Crippen LogP contribution in [-0.2, 0) is 6.54 Å². The molecule has 38 heavy (non-hydrogen) atoms. The van der Waals surface area contributed by atoms with Crippen molar-refractivity contribution in [1.82, 2.24) is 14.1 Å². The van der Waals surface area contributed by atoms with Crippen molar-refractivity contribution >= 4 is 50.8 Å². The Balaban J connectivity index is 1.82. The molecule has 2 aromatic carbocycles. The van der Waals surface area contributed by atoms with E-state index in [1.54, 1.807) is 25.4 Å². The van der Waals surface area contributed by atoms with Crippen molar-refractivity contribution in [2.75, 3.05) is 12.4 Å². The molecule has 0 saturated carbocycles. The molecule has 0 aliphatic carbocycles. The van der Waals surface area contributed by atoms with Gasteiger partial charge in [0.05, 0.1) is 31.1 Å². The van der Waals surface area contributed by atoms with Gasteiger partial charge in [0.2, 0.25) is 0 Å². The number of halogens is 3. The number of methoxy groups -OCH3 is 1. The predicted molar refractivity (Wildman–Crippen MR) is 152 cm³/mol. The van der Waals surface area contributed by atoms with Crippen molar-refractivity contribution in [3.05, 3.63) is 108 Å². The molecule has 11 heteroatoms. The SMILES string of the molecule is COc1ccc(Cn2cc(NC(c3ccc(Cl)cc3)c3c(C(=O)O)nc(Br)n3C(C)C)cc(Cl)c2=O)cc1. The third-order valence-electron chi connectivity index (χ3n) is 5.97. The van der Waals surface area contributed by atoms with Crippen molar-refractivity contribution in [1.29, 1.82) is 0 Å². The highest BCUT2D eigenvalue weighted by atomic mass is 79.9. The van der Waals surface area contributed by atoms with Gasteiger partial charge in [-0.1, -0.05) is 47.5 Å². The zero-order valence-corrected chi connectivity index (χ0v) is 23.9. The first-order valence-electron chi connectivity index (χ1n) is 11.6. The quantitative estimate of drug-likeness (QED) is 0.218. The van der Waals surface area contributed by atoms with E-state index >= 15 is 0 Å². The van der Waals surface area contributed by atoms with E-state index in [9.17, 15) is 14.7 Å². The van der Waals surface area contributed by atoms with Gasteiger partial charge in [0.25, 0.3) is 5.56 Å². The molecule has 0 fully saturated rings. The van der Waals surface area contributed by atoms with Gasteiger partial charge in [0, 0.05) is 17.3 Å². The lowest BCUT2D eigenvalue weighted by Gasteiger charge is -2.25. The number of imidazole rings is 1. The van der Waals surface area contributed by atoms with Crippen molar-refractivity contribution in [2.24, 2.45) is 0 Å². The fourth-order valence-corrected chi connectivity index (χ4v) is 5.33. The van der Waals surface area contributed by atoms with E-state index < -0.39 is 12.0 Å². The molecule has 1 unspecified atom stereocenters. The summed E-state index contributed by atoms with van der Waals surface area (Å²) in [5.74, 6) is -0.453. The zero-order valence-electron chi connectivity index (χ0n) is 20.8. The second-order valence-electron chi connectivity index (χ2n) is 8.87. The summed E-state index contributed by atoms with van der Waals surface area (Å²) in [5.41, 5.74) is 2.13. The molecular weight excluding hydrogens is 595 g/mol. The maximum absolute atomic E-state index is 12.9. The highest BCUT2D eigenvalue weighted by Crippen LogP contribution is 2.34. The van der Waals surface area contributed by atoms with E-state index in [1.165, 1.54) is 10.6 Å². The minimum Gasteiger partial charge on any atom is -0.497 e. The van der Waals surface area contributed by atoms with Gasteiger partial charge in [0.15, 0.2) is 10.4 Å². The van der Waals surface area contributed by atoms with Gasteiger partial charge in [-0.2, -0.15) is 0 Å². The monoisotopic (exact) mass is 618 g/mol. The second-order valence-corrected chi connectivity index (χ2v) is 10.4. The lowest BCUT2D eigenvalue weighted by Crippen LogP contribution is -2.24. The van der Waals surface area contributed by atoms with Crippen LogP contribution in [0.3, 0.4) is 0 Å². The van der Waals surface area contributed by atoms with E-state index in [0.29, 0.717) is 26.9 Å². The number of benzene rings is 2. The fourth-order valence-electron chi connectivity index (χ4n) is 4.20. The van der Waals surface area contributed by atoms with E-state index in [4.69, 9.17) is 27.9 Å². The fraction of sp³-hybridized carbons (Fsp3) is 0.222. The van der Waals surface area contributed by atoms with Crippen LogP contribution >= 0.6 is 39.1 Å². The van der Waals surface area contributed by atoms with Gasteiger partial charge in [-0.05, 0) is 71.2 Å². The highest BCUT2D eigenvalue weighted by molar-refractivity contribution is 9.10. The molecule has 1 atom stereocenters. The topological polar surface area (TPSA) is 98.4 Å². The molecule has 0 aliphatic rings. The summed E-state index contributed by atoms with van der Waals surface area (Å²) in [5, 5.41) is 14.0. The van der Waals surface area contributed by atoms with Gasteiger partial charge >= 0.3 is 5.97 Å². The summed E-state index contributed by atoms with van der Waals surface area (Å²) in [6.07, 6.45) is 1.66. The first kappa shape index (κ1) is 27.8. The number of pyridine rings is 1. The molecular formula is C27H25BrCl2N4O4. The number of aromatic carboxylic acids is 1. The van der Waals surface area contributed by atoms with Crippen LogP contribution in [0.25, 0.3) is 0 Å². The average Bonchev–Trinajstić information content (AvgIpc) is 3.24. The van der Waals surface area contributed by atoms with Crippen LogP contribution in [0.5, 0.6) is 5.75 Å². The molecule has 0 spiro atoms. The Labute approximate surface area is 237 Å². The number of carboxylic acids is 1.